The molecule has 4 amide bonds. The van der Waals surface area contributed by atoms with Crippen LogP contribution in [0.1, 0.15) is 56.9 Å². The first-order chi connectivity index (χ1) is 13.5. The van der Waals surface area contributed by atoms with Crippen molar-refractivity contribution in [2.45, 2.75) is 69.5 Å². The van der Waals surface area contributed by atoms with E-state index in [9.17, 15) is 18.8 Å². The van der Waals surface area contributed by atoms with E-state index in [1.807, 2.05) is 0 Å². The molecule has 1 aromatic rings. The summed E-state index contributed by atoms with van der Waals surface area (Å²) in [5.41, 5.74) is -0.188. The second-order valence-electron chi connectivity index (χ2n) is 8.12. The van der Waals surface area contributed by atoms with Crippen molar-refractivity contribution in [2.24, 2.45) is 0 Å². The topological polar surface area (TPSA) is 69.7 Å². The fraction of sp³-hybridized carbons (Fsp3) is 0.571. The second-order valence-corrected chi connectivity index (χ2v) is 8.12. The van der Waals surface area contributed by atoms with Gasteiger partial charge in [0, 0.05) is 31.1 Å². The normalized spacial score (nSPS) is 20.7. The minimum atomic E-state index is -0.702. The molecule has 0 aromatic heterocycles. The van der Waals surface area contributed by atoms with E-state index in [0.717, 1.165) is 25.7 Å². The lowest BCUT2D eigenvalue weighted by atomic mass is 9.98. The highest BCUT2D eigenvalue weighted by Crippen LogP contribution is 2.35. The highest BCUT2D eigenvalue weighted by Gasteiger charge is 2.52. The van der Waals surface area contributed by atoms with Gasteiger partial charge in [-0.15, -0.1) is 0 Å². The average Bonchev–Trinajstić information content (AvgIpc) is 3.36. The summed E-state index contributed by atoms with van der Waals surface area (Å²) in [6.07, 6.45) is 5.85. The molecule has 0 atom stereocenters. The number of nitrogens with one attached hydrogen (secondary N) is 1. The summed E-state index contributed by atoms with van der Waals surface area (Å²) in [7, 11) is 0. The predicted octanol–water partition coefficient (Wildman–Crippen LogP) is 2.96. The Morgan fingerprint density at radius 3 is 2.61 bits per heavy atom. The van der Waals surface area contributed by atoms with Crippen LogP contribution in [0.5, 0.6) is 0 Å². The summed E-state index contributed by atoms with van der Waals surface area (Å²) in [5.74, 6) is -0.497. The molecular weight excluding hydrogens is 361 g/mol. The molecule has 0 radical (unpaired) electrons. The smallest absolute Gasteiger partial charge is 0.325 e. The van der Waals surface area contributed by atoms with Gasteiger partial charge < -0.3 is 10.2 Å². The van der Waals surface area contributed by atoms with Crippen molar-refractivity contribution < 1.29 is 18.8 Å². The van der Waals surface area contributed by atoms with Gasteiger partial charge in [0.25, 0.3) is 5.91 Å². The third-order valence-corrected chi connectivity index (χ3v) is 6.08. The maximum atomic E-state index is 14.0. The molecule has 2 saturated carbocycles. The van der Waals surface area contributed by atoms with Crippen LogP contribution in [-0.4, -0.2) is 45.8 Å². The number of benzene rings is 1. The number of carbonyl (C=O) groups excluding carboxylic acids is 3. The first-order valence-corrected chi connectivity index (χ1v) is 10.2. The molecule has 28 heavy (non-hydrogen) atoms. The van der Waals surface area contributed by atoms with Crippen LogP contribution in [0.2, 0.25) is 0 Å². The lowest BCUT2D eigenvalue weighted by molar-refractivity contribution is -0.134. The third kappa shape index (κ3) is 3.62. The van der Waals surface area contributed by atoms with E-state index < -0.39 is 5.54 Å². The molecule has 2 aliphatic carbocycles. The molecule has 7 heteroatoms. The monoisotopic (exact) mass is 387 g/mol. The van der Waals surface area contributed by atoms with Gasteiger partial charge in [-0.25, -0.2) is 9.18 Å². The Bertz CT molecular complexity index is 787. The molecule has 150 valence electrons. The van der Waals surface area contributed by atoms with Gasteiger partial charge in [0.1, 0.15) is 11.4 Å². The van der Waals surface area contributed by atoms with Crippen molar-refractivity contribution in [2.75, 3.05) is 6.54 Å². The first-order valence-electron chi connectivity index (χ1n) is 10.2. The van der Waals surface area contributed by atoms with Crippen LogP contribution in [-0.2, 0) is 16.1 Å². The number of imide groups is 1. The summed E-state index contributed by atoms with van der Waals surface area (Å²) in [6.45, 7) is 0.513. The molecular formula is C21H26FN3O3. The number of hydrogen-bond acceptors (Lipinski definition) is 3. The fourth-order valence-corrected chi connectivity index (χ4v) is 4.35. The first kappa shape index (κ1) is 18.9. The van der Waals surface area contributed by atoms with Gasteiger partial charge in [0.05, 0.1) is 0 Å². The number of hydrogen-bond donors (Lipinski definition) is 1. The Morgan fingerprint density at radius 2 is 1.93 bits per heavy atom. The van der Waals surface area contributed by atoms with E-state index >= 15 is 0 Å². The number of amides is 4. The van der Waals surface area contributed by atoms with Gasteiger partial charge in [-0.3, -0.25) is 14.5 Å². The van der Waals surface area contributed by atoms with Gasteiger partial charge in [0.15, 0.2) is 0 Å². The van der Waals surface area contributed by atoms with E-state index in [1.54, 1.807) is 23.1 Å². The number of urea groups is 1. The van der Waals surface area contributed by atoms with E-state index in [-0.39, 0.29) is 49.2 Å². The van der Waals surface area contributed by atoms with Crippen molar-refractivity contribution in [1.82, 2.24) is 15.1 Å². The Labute approximate surface area is 164 Å². The average molecular weight is 387 g/mol. The minimum absolute atomic E-state index is 0.0478. The van der Waals surface area contributed by atoms with E-state index in [1.165, 1.54) is 11.0 Å². The maximum Gasteiger partial charge on any atom is 0.325 e. The van der Waals surface area contributed by atoms with E-state index in [0.29, 0.717) is 24.8 Å². The maximum absolute atomic E-state index is 14.0. The second kappa shape index (κ2) is 7.53. The molecule has 6 nitrogen and oxygen atoms in total. The molecule has 3 fully saturated rings. The molecule has 1 N–H and O–H groups in total. The molecule has 4 rings (SSSR count). The molecule has 1 saturated heterocycles. The van der Waals surface area contributed by atoms with Crippen molar-refractivity contribution in [3.63, 3.8) is 0 Å². The zero-order chi connectivity index (χ0) is 19.7. The molecule has 1 spiro atoms. The lowest BCUT2D eigenvalue weighted by Crippen LogP contribution is -2.44. The Balaban J connectivity index is 1.32. The molecule has 0 unspecified atom stereocenters. The van der Waals surface area contributed by atoms with Gasteiger partial charge in [-0.2, -0.15) is 0 Å². The van der Waals surface area contributed by atoms with Gasteiger partial charge in [-0.1, -0.05) is 31.0 Å². The van der Waals surface area contributed by atoms with Crippen LogP contribution < -0.4 is 5.32 Å². The molecule has 3 aliphatic rings. The SMILES string of the molecule is O=C1NC2(CCCC2)C(=O)N1CCCC(=O)N(Cc1ccccc1F)C1CC1. The van der Waals surface area contributed by atoms with Crippen molar-refractivity contribution in [3.8, 4) is 0 Å². The molecule has 0 bridgehead atoms. The number of carbonyl (C=O) groups is 3. The van der Waals surface area contributed by atoms with Gasteiger partial charge in [0.2, 0.25) is 5.91 Å². The summed E-state index contributed by atoms with van der Waals surface area (Å²) in [6, 6.07) is 6.34. The Kier molecular flexibility index (Phi) is 5.08. The number of nitrogens with zero attached hydrogens (tertiary/aromatic N) is 2. The van der Waals surface area contributed by atoms with Crippen LogP contribution in [0.3, 0.4) is 0 Å². The van der Waals surface area contributed by atoms with Crippen LogP contribution in [0.25, 0.3) is 0 Å². The quantitative estimate of drug-likeness (QED) is 0.732. The van der Waals surface area contributed by atoms with E-state index in [4.69, 9.17) is 0 Å². The summed E-state index contributed by atoms with van der Waals surface area (Å²) >= 11 is 0. The van der Waals surface area contributed by atoms with Crippen molar-refractivity contribution in [3.05, 3.63) is 35.6 Å². The van der Waals surface area contributed by atoms with Crippen molar-refractivity contribution >= 4 is 17.8 Å². The van der Waals surface area contributed by atoms with Crippen LogP contribution in [0.4, 0.5) is 9.18 Å². The number of rotatable bonds is 7. The number of halogens is 1. The highest BCUT2D eigenvalue weighted by molar-refractivity contribution is 6.07. The highest BCUT2D eigenvalue weighted by atomic mass is 19.1. The molecule has 1 aliphatic heterocycles. The summed E-state index contributed by atoms with van der Waals surface area (Å²) in [4.78, 5) is 40.6. The van der Waals surface area contributed by atoms with Crippen LogP contribution in [0.15, 0.2) is 24.3 Å². The predicted molar refractivity (Wildman–Crippen MR) is 101 cm³/mol. The molecule has 1 heterocycles. The zero-order valence-electron chi connectivity index (χ0n) is 16.0. The largest absolute Gasteiger partial charge is 0.335 e. The Hall–Kier alpha value is -2.44. The fourth-order valence-electron chi connectivity index (χ4n) is 4.35. The summed E-state index contributed by atoms with van der Waals surface area (Å²) in [5, 5.41) is 2.86. The van der Waals surface area contributed by atoms with Crippen LogP contribution >= 0.6 is 0 Å². The van der Waals surface area contributed by atoms with Gasteiger partial charge >= 0.3 is 6.03 Å². The van der Waals surface area contributed by atoms with Gasteiger partial charge in [-0.05, 0) is 38.2 Å². The Morgan fingerprint density at radius 1 is 1.21 bits per heavy atom. The zero-order valence-corrected chi connectivity index (χ0v) is 16.0. The lowest BCUT2D eigenvalue weighted by Gasteiger charge is -2.23. The van der Waals surface area contributed by atoms with E-state index in [2.05, 4.69) is 5.32 Å². The standard InChI is InChI=1S/C21H26FN3O3/c22-17-7-2-1-6-15(17)14-25(16-9-10-16)18(26)8-5-13-24-19(27)21(23-20(24)28)11-3-4-12-21/h1-2,6-7,16H,3-5,8-14H2,(H,23,28). The van der Waals surface area contributed by atoms with Crippen molar-refractivity contribution in [1.29, 1.82) is 0 Å². The van der Waals surface area contributed by atoms with Crippen LogP contribution in [0, 0.1) is 5.82 Å². The minimum Gasteiger partial charge on any atom is -0.335 e. The third-order valence-electron chi connectivity index (χ3n) is 6.08. The molecule has 1 aromatic carbocycles. The summed E-state index contributed by atoms with van der Waals surface area (Å²) < 4.78 is 14.0.